The van der Waals surface area contributed by atoms with Crippen LogP contribution < -0.4 is 10.1 Å². The molecule has 3 aromatic rings. The topological polar surface area (TPSA) is 81.2 Å². The van der Waals surface area contributed by atoms with Crippen molar-refractivity contribution >= 4 is 17.4 Å². The molecular formula is C22H18F3N3O3. The average molecular weight is 429 g/mol. The van der Waals surface area contributed by atoms with Gasteiger partial charge < -0.3 is 10.1 Å². The summed E-state index contributed by atoms with van der Waals surface area (Å²) in [5.74, 6) is -1.56. The fourth-order valence-electron chi connectivity index (χ4n) is 2.84. The summed E-state index contributed by atoms with van der Waals surface area (Å²) >= 11 is 0. The summed E-state index contributed by atoms with van der Waals surface area (Å²) in [4.78, 5) is 32.9. The number of aromatic nitrogens is 2. The Balaban J connectivity index is 1.72. The van der Waals surface area contributed by atoms with E-state index >= 15 is 0 Å². The Labute approximate surface area is 176 Å². The number of benzene rings is 1. The van der Waals surface area contributed by atoms with Crippen LogP contribution in [0.3, 0.4) is 0 Å². The van der Waals surface area contributed by atoms with Crippen LogP contribution in [0.1, 0.15) is 29.3 Å². The number of amides is 1. The third-order valence-electron chi connectivity index (χ3n) is 4.23. The Morgan fingerprint density at radius 2 is 1.90 bits per heavy atom. The summed E-state index contributed by atoms with van der Waals surface area (Å²) in [7, 11) is 0. The standard InChI is InChI=1S/C22H18F3N3O3/c1-2-31-20-6-5-16(11-17(20)22(23,24)25)28-21(30)12-19(29)14-7-9-27-18(10-14)15-4-3-8-26-13-15/h3-11,13H,2,12H2,1H3,(H,28,30). The largest absolute Gasteiger partial charge is 0.493 e. The van der Waals surface area contributed by atoms with Crippen LogP contribution in [0.2, 0.25) is 0 Å². The van der Waals surface area contributed by atoms with Crippen LogP contribution in [-0.2, 0) is 11.0 Å². The molecule has 0 fully saturated rings. The molecule has 0 unspecified atom stereocenters. The predicted octanol–water partition coefficient (Wildman–Crippen LogP) is 4.77. The van der Waals surface area contributed by atoms with Gasteiger partial charge >= 0.3 is 6.18 Å². The molecule has 9 heteroatoms. The smallest absolute Gasteiger partial charge is 0.420 e. The quantitative estimate of drug-likeness (QED) is 0.432. The zero-order valence-electron chi connectivity index (χ0n) is 16.4. The fourth-order valence-corrected chi connectivity index (χ4v) is 2.84. The molecule has 1 aromatic carbocycles. The van der Waals surface area contributed by atoms with E-state index in [2.05, 4.69) is 15.3 Å². The van der Waals surface area contributed by atoms with E-state index in [4.69, 9.17) is 4.74 Å². The van der Waals surface area contributed by atoms with E-state index in [0.717, 1.165) is 12.1 Å². The van der Waals surface area contributed by atoms with Crippen molar-refractivity contribution in [1.82, 2.24) is 9.97 Å². The molecule has 0 bridgehead atoms. The lowest BCUT2D eigenvalue weighted by molar-refractivity contribution is -0.138. The number of Topliss-reactive ketones (excluding diaryl/α,β-unsaturated/α-hetero) is 1. The number of ether oxygens (including phenoxy) is 1. The van der Waals surface area contributed by atoms with E-state index in [1.54, 1.807) is 31.5 Å². The molecular weight excluding hydrogens is 411 g/mol. The fraction of sp³-hybridized carbons (Fsp3) is 0.182. The van der Waals surface area contributed by atoms with E-state index < -0.39 is 29.9 Å². The Morgan fingerprint density at radius 3 is 2.58 bits per heavy atom. The molecule has 3 rings (SSSR count). The summed E-state index contributed by atoms with van der Waals surface area (Å²) in [5.41, 5.74) is 0.385. The molecule has 0 aliphatic heterocycles. The summed E-state index contributed by atoms with van der Waals surface area (Å²) < 4.78 is 44.7. The summed E-state index contributed by atoms with van der Waals surface area (Å²) in [6, 6.07) is 9.70. The molecule has 2 heterocycles. The number of hydrogen-bond acceptors (Lipinski definition) is 5. The lowest BCUT2D eigenvalue weighted by Crippen LogP contribution is -2.17. The van der Waals surface area contributed by atoms with Crippen LogP contribution in [0, 0.1) is 0 Å². The molecule has 0 atom stereocenters. The number of alkyl halides is 3. The van der Waals surface area contributed by atoms with Crippen molar-refractivity contribution in [2.75, 3.05) is 11.9 Å². The minimum atomic E-state index is -4.65. The highest BCUT2D eigenvalue weighted by Crippen LogP contribution is 2.38. The van der Waals surface area contributed by atoms with Gasteiger partial charge in [-0.05, 0) is 49.4 Å². The Kier molecular flexibility index (Phi) is 6.64. The van der Waals surface area contributed by atoms with E-state index in [0.29, 0.717) is 11.3 Å². The number of rotatable bonds is 7. The second kappa shape index (κ2) is 9.38. The SMILES string of the molecule is CCOc1ccc(NC(=O)CC(=O)c2ccnc(-c3cccnc3)c2)cc1C(F)(F)F. The van der Waals surface area contributed by atoms with Crippen molar-refractivity contribution in [2.45, 2.75) is 19.5 Å². The van der Waals surface area contributed by atoms with Crippen molar-refractivity contribution < 1.29 is 27.5 Å². The molecule has 0 aliphatic rings. The molecule has 31 heavy (non-hydrogen) atoms. The van der Waals surface area contributed by atoms with Crippen molar-refractivity contribution in [3.63, 3.8) is 0 Å². The molecule has 160 valence electrons. The van der Waals surface area contributed by atoms with E-state index in [1.165, 1.54) is 24.4 Å². The molecule has 0 saturated carbocycles. The zero-order valence-corrected chi connectivity index (χ0v) is 16.4. The summed E-state index contributed by atoms with van der Waals surface area (Å²) in [6.07, 6.45) is -0.553. The van der Waals surface area contributed by atoms with Crippen LogP contribution in [0.4, 0.5) is 18.9 Å². The van der Waals surface area contributed by atoms with Crippen molar-refractivity contribution in [2.24, 2.45) is 0 Å². The van der Waals surface area contributed by atoms with Crippen molar-refractivity contribution in [3.05, 3.63) is 72.2 Å². The lowest BCUT2D eigenvalue weighted by Gasteiger charge is -2.15. The van der Waals surface area contributed by atoms with E-state index in [1.807, 2.05) is 0 Å². The summed E-state index contributed by atoms with van der Waals surface area (Å²) in [6.45, 7) is 1.64. The van der Waals surface area contributed by atoms with Gasteiger partial charge in [-0.3, -0.25) is 19.6 Å². The van der Waals surface area contributed by atoms with Gasteiger partial charge in [0, 0.05) is 35.4 Å². The normalized spacial score (nSPS) is 11.1. The number of anilines is 1. The maximum absolute atomic E-state index is 13.2. The minimum Gasteiger partial charge on any atom is -0.493 e. The van der Waals surface area contributed by atoms with Gasteiger partial charge in [-0.25, -0.2) is 0 Å². The first-order chi connectivity index (χ1) is 14.8. The Hall–Kier alpha value is -3.75. The summed E-state index contributed by atoms with van der Waals surface area (Å²) in [5, 5.41) is 2.33. The monoisotopic (exact) mass is 429 g/mol. The number of pyridine rings is 2. The number of ketones is 1. The van der Waals surface area contributed by atoms with Gasteiger partial charge in [0.05, 0.1) is 24.3 Å². The van der Waals surface area contributed by atoms with Crippen LogP contribution in [0.15, 0.2) is 61.1 Å². The van der Waals surface area contributed by atoms with Gasteiger partial charge in [0.15, 0.2) is 5.78 Å². The maximum Gasteiger partial charge on any atom is 0.420 e. The molecule has 0 aliphatic carbocycles. The average Bonchev–Trinajstić information content (AvgIpc) is 2.75. The highest BCUT2D eigenvalue weighted by Gasteiger charge is 2.34. The molecule has 0 saturated heterocycles. The highest BCUT2D eigenvalue weighted by atomic mass is 19.4. The third-order valence-corrected chi connectivity index (χ3v) is 4.23. The zero-order chi connectivity index (χ0) is 22.4. The van der Waals surface area contributed by atoms with Gasteiger partial charge in [0.1, 0.15) is 5.75 Å². The van der Waals surface area contributed by atoms with Crippen LogP contribution >= 0.6 is 0 Å². The number of carbonyl (C=O) groups is 2. The second-order valence-corrected chi connectivity index (χ2v) is 6.46. The number of halogens is 3. The van der Waals surface area contributed by atoms with Gasteiger partial charge in [-0.2, -0.15) is 13.2 Å². The first-order valence-corrected chi connectivity index (χ1v) is 9.31. The van der Waals surface area contributed by atoms with Gasteiger partial charge in [-0.15, -0.1) is 0 Å². The molecule has 0 spiro atoms. The predicted molar refractivity (Wildman–Crippen MR) is 108 cm³/mol. The minimum absolute atomic E-state index is 0.0657. The number of nitrogens with zero attached hydrogens (tertiary/aromatic N) is 2. The van der Waals surface area contributed by atoms with Gasteiger partial charge in [0.25, 0.3) is 0 Å². The van der Waals surface area contributed by atoms with Crippen LogP contribution in [0.5, 0.6) is 5.75 Å². The maximum atomic E-state index is 13.2. The molecule has 1 N–H and O–H groups in total. The van der Waals surface area contributed by atoms with Crippen LogP contribution in [0.25, 0.3) is 11.3 Å². The Bertz CT molecular complexity index is 1090. The Morgan fingerprint density at radius 1 is 1.10 bits per heavy atom. The first kappa shape index (κ1) is 21.9. The first-order valence-electron chi connectivity index (χ1n) is 9.31. The third kappa shape index (κ3) is 5.65. The van der Waals surface area contributed by atoms with Gasteiger partial charge in [0.2, 0.25) is 5.91 Å². The molecule has 0 radical (unpaired) electrons. The van der Waals surface area contributed by atoms with Crippen LogP contribution in [-0.4, -0.2) is 28.3 Å². The number of nitrogens with one attached hydrogen (secondary N) is 1. The molecule has 1 amide bonds. The van der Waals surface area contributed by atoms with Gasteiger partial charge in [-0.1, -0.05) is 0 Å². The van der Waals surface area contributed by atoms with Crippen molar-refractivity contribution in [1.29, 1.82) is 0 Å². The number of carbonyl (C=O) groups excluding carboxylic acids is 2. The molecule has 6 nitrogen and oxygen atoms in total. The number of hydrogen-bond donors (Lipinski definition) is 1. The highest BCUT2D eigenvalue weighted by molar-refractivity contribution is 6.11. The lowest BCUT2D eigenvalue weighted by atomic mass is 10.1. The van der Waals surface area contributed by atoms with E-state index in [-0.39, 0.29) is 23.6 Å². The van der Waals surface area contributed by atoms with E-state index in [9.17, 15) is 22.8 Å². The van der Waals surface area contributed by atoms with Crippen molar-refractivity contribution in [3.8, 4) is 17.0 Å². The second-order valence-electron chi connectivity index (χ2n) is 6.46. The molecule has 2 aromatic heterocycles.